The second kappa shape index (κ2) is 34.8. The lowest BCUT2D eigenvalue weighted by atomic mass is 9.78. The van der Waals surface area contributed by atoms with Crippen molar-refractivity contribution in [2.24, 2.45) is 35.5 Å². The van der Waals surface area contributed by atoms with E-state index in [-0.39, 0.29) is 88.1 Å². The molecule has 3 heterocycles. The maximum absolute atomic E-state index is 15.2. The van der Waals surface area contributed by atoms with Crippen LogP contribution in [-0.4, -0.2) is 170 Å². The third-order valence-corrected chi connectivity index (χ3v) is 18.3. The number of aryl methyl sites for hydroxylation is 2. The Hall–Kier alpha value is -6.17. The highest BCUT2D eigenvalue weighted by Gasteiger charge is 2.57. The Bertz CT molecular complexity index is 2820. The molecule has 2 N–H and O–H groups in total. The maximum Gasteiger partial charge on any atom is 0.329 e. The van der Waals surface area contributed by atoms with Crippen molar-refractivity contribution in [2.75, 3.05) is 41.1 Å². The van der Waals surface area contributed by atoms with Crippen LogP contribution in [0, 0.1) is 49.4 Å². The summed E-state index contributed by atoms with van der Waals surface area (Å²) < 4.78 is 58.6. The van der Waals surface area contributed by atoms with Gasteiger partial charge in [-0.3, -0.25) is 38.4 Å². The number of amides is 1. The van der Waals surface area contributed by atoms with Gasteiger partial charge in [-0.05, 0) is 132 Å². The molecular formula is C70H103NO21. The first kappa shape index (κ1) is 76.5. The van der Waals surface area contributed by atoms with Gasteiger partial charge in [0.1, 0.15) is 49.1 Å². The quantitative estimate of drug-likeness (QED) is 0.0383. The maximum atomic E-state index is 15.2. The molecule has 22 nitrogen and oxygen atoms in total. The molecule has 22 heteroatoms. The molecule has 1 aromatic rings. The van der Waals surface area contributed by atoms with Gasteiger partial charge in [-0.15, -0.1) is 6.58 Å². The van der Waals surface area contributed by atoms with E-state index in [2.05, 4.69) is 6.58 Å². The highest BCUT2D eigenvalue weighted by molar-refractivity contribution is 6.39. The molecular weight excluding hydrogens is 1190 g/mol. The van der Waals surface area contributed by atoms with Crippen LogP contribution in [-0.2, 0) is 91.2 Å². The predicted octanol–water partition coefficient (Wildman–Crippen LogP) is 8.53. The Kier molecular flexibility index (Phi) is 29.0. The van der Waals surface area contributed by atoms with Crippen molar-refractivity contribution in [2.45, 2.75) is 239 Å². The molecule has 1 aromatic carbocycles. The molecule has 3 fully saturated rings. The van der Waals surface area contributed by atoms with E-state index in [1.165, 1.54) is 35.2 Å². The zero-order valence-electron chi connectivity index (χ0n) is 56.9. The fourth-order valence-corrected chi connectivity index (χ4v) is 13.7. The molecule has 4 aliphatic rings. The van der Waals surface area contributed by atoms with Gasteiger partial charge >= 0.3 is 35.8 Å². The Labute approximate surface area is 543 Å². The smallest absolute Gasteiger partial charge is 0.329 e. The Balaban J connectivity index is 1.56. The summed E-state index contributed by atoms with van der Waals surface area (Å²) in [5.41, 5.74) is 2.20. The summed E-state index contributed by atoms with van der Waals surface area (Å²) in [5.74, 6) is -12.9. The van der Waals surface area contributed by atoms with Crippen molar-refractivity contribution in [1.82, 2.24) is 4.90 Å². The third-order valence-electron chi connectivity index (χ3n) is 18.3. The van der Waals surface area contributed by atoms with Gasteiger partial charge < -0.3 is 62.5 Å². The van der Waals surface area contributed by atoms with E-state index in [9.17, 15) is 39.0 Å². The topological polar surface area (TPSA) is 290 Å². The summed E-state index contributed by atoms with van der Waals surface area (Å²) >= 11 is 0. The Morgan fingerprint density at radius 3 is 2.07 bits per heavy atom. The number of aliphatic hydroxyl groups is 2. The zero-order valence-corrected chi connectivity index (χ0v) is 56.9. The number of cyclic esters (lactones) is 1. The summed E-state index contributed by atoms with van der Waals surface area (Å²) in [7, 11) is 4.52. The number of allylic oxidation sites excluding steroid dienone is 4. The monoisotopic (exact) mass is 1290 g/mol. The van der Waals surface area contributed by atoms with Crippen LogP contribution < -0.4 is 4.74 Å². The molecule has 1 amide bonds. The molecule has 5 rings (SSSR count). The second-order valence-corrected chi connectivity index (χ2v) is 27.0. The van der Waals surface area contributed by atoms with E-state index in [0.29, 0.717) is 61.6 Å². The molecule has 1 aliphatic carbocycles. The first-order chi connectivity index (χ1) is 43.2. The number of Topliss-reactive ketones (excluding diaryl/α,β-unsaturated/α-hetero) is 2. The average Bonchev–Trinajstić information content (AvgIpc) is 0.785. The van der Waals surface area contributed by atoms with E-state index < -0.39 is 137 Å². The van der Waals surface area contributed by atoms with Crippen molar-refractivity contribution < 1.29 is 101 Å². The van der Waals surface area contributed by atoms with Gasteiger partial charge in [0, 0.05) is 89.7 Å². The number of carbonyl (C=O) groups is 9. The van der Waals surface area contributed by atoms with E-state index in [0.717, 1.165) is 16.0 Å². The van der Waals surface area contributed by atoms with E-state index >= 15 is 14.4 Å². The molecule has 2 saturated heterocycles. The number of aliphatic hydroxyl groups excluding tert-OH is 1. The molecule has 0 spiro atoms. The molecule has 3 aliphatic heterocycles. The summed E-state index contributed by atoms with van der Waals surface area (Å²) in [6.07, 6.45) is 0.906. The Morgan fingerprint density at radius 1 is 0.815 bits per heavy atom. The number of nitrogens with zero attached hydrogens (tertiary/aromatic N) is 1. The largest absolute Gasteiger partial charge is 0.462 e. The number of methoxy groups -OCH3 is 3. The van der Waals surface area contributed by atoms with Gasteiger partial charge in [0.05, 0.1) is 30.8 Å². The van der Waals surface area contributed by atoms with Crippen molar-refractivity contribution in [1.29, 1.82) is 0 Å². The lowest BCUT2D eigenvalue weighted by molar-refractivity contribution is -0.302. The number of piperidine rings is 1. The van der Waals surface area contributed by atoms with Crippen LogP contribution in [0.3, 0.4) is 0 Å². The number of ketones is 2. The molecule has 1 unspecified atom stereocenters. The van der Waals surface area contributed by atoms with Gasteiger partial charge in [-0.25, -0.2) is 4.79 Å². The first-order valence-electron chi connectivity index (χ1n) is 32.5. The van der Waals surface area contributed by atoms with Gasteiger partial charge in [0.15, 0.2) is 6.10 Å². The molecule has 15 atom stereocenters. The number of hydrogen-bond donors (Lipinski definition) is 2. The molecule has 0 aromatic heterocycles. The highest BCUT2D eigenvalue weighted by atomic mass is 16.7. The van der Waals surface area contributed by atoms with Crippen molar-refractivity contribution in [3.05, 3.63) is 64.8 Å². The van der Waals surface area contributed by atoms with Gasteiger partial charge in [-0.2, -0.15) is 0 Å². The molecule has 514 valence electrons. The lowest BCUT2D eigenvalue weighted by Crippen LogP contribution is -2.64. The zero-order chi connectivity index (χ0) is 68.5. The number of esters is 6. The normalized spacial score (nSPS) is 30.1. The van der Waals surface area contributed by atoms with E-state index in [1.54, 1.807) is 53.7 Å². The van der Waals surface area contributed by atoms with Crippen LogP contribution in [0.4, 0.5) is 0 Å². The van der Waals surface area contributed by atoms with E-state index in [4.69, 9.17) is 47.4 Å². The minimum atomic E-state index is -2.62. The third kappa shape index (κ3) is 21.2. The van der Waals surface area contributed by atoms with Crippen LogP contribution in [0.2, 0.25) is 0 Å². The number of benzene rings is 1. The fraction of sp³-hybridized carbons (Fsp3) is 0.700. The van der Waals surface area contributed by atoms with Crippen LogP contribution in [0.5, 0.6) is 5.75 Å². The Morgan fingerprint density at radius 2 is 1.45 bits per heavy atom. The fourth-order valence-electron chi connectivity index (χ4n) is 13.7. The average molecular weight is 1290 g/mol. The molecule has 0 radical (unpaired) electrons. The van der Waals surface area contributed by atoms with Crippen LogP contribution in [0.1, 0.15) is 176 Å². The predicted molar refractivity (Wildman–Crippen MR) is 337 cm³/mol. The lowest BCUT2D eigenvalue weighted by Gasteiger charge is -2.47. The minimum absolute atomic E-state index is 0.0175. The van der Waals surface area contributed by atoms with Crippen LogP contribution in [0.15, 0.2) is 48.1 Å². The molecule has 2 bridgehead atoms. The van der Waals surface area contributed by atoms with Gasteiger partial charge in [0.25, 0.3) is 11.7 Å². The summed E-state index contributed by atoms with van der Waals surface area (Å²) in [5, 5.41) is 23.2. The summed E-state index contributed by atoms with van der Waals surface area (Å²) in [6, 6.07) is 2.26. The van der Waals surface area contributed by atoms with E-state index in [1.807, 2.05) is 45.9 Å². The number of rotatable bonds is 21. The van der Waals surface area contributed by atoms with Gasteiger partial charge in [-0.1, -0.05) is 71.4 Å². The number of fused-ring (bicyclic) bond motifs is 3. The molecule has 92 heavy (non-hydrogen) atoms. The number of ether oxygens (including phenoxy) is 10. The van der Waals surface area contributed by atoms with Gasteiger partial charge in [0.2, 0.25) is 5.79 Å². The molecule has 1 saturated carbocycles. The standard InChI is InChI=1S/C70H103NO21/c1-17-20-50-27-39(2)25-40(3)29-58(84-15)65-59(85-16)33-45(8)70(82,92-65)66(79)67(80)71-24-19-18-21-52(71)68(81)91-64(44(7)32-49-22-23-53(74)56(34-49)83-14)46(9)55(35-54(50)75)89-62(78)36-69(12,13)63-43(6)26-41(4)28-57(63)90-61(77)31-42(5)30-60(76)88-51(37-86-47(10)72)38-87-48(11)73/h17,26-28,32,40,42,45-46,49-53,55-56,58-59,64-65,74,82H,1,18-25,29-31,33-38H2,2-16H3/b39-27+,44-32+/t40-,42?,45+,46+,49-,50+,52-,53+,55-,56+,58-,59-,64+,65+,70+/m0/s1. The van der Waals surface area contributed by atoms with Crippen molar-refractivity contribution in [3.8, 4) is 5.75 Å². The van der Waals surface area contributed by atoms with Crippen molar-refractivity contribution >= 4 is 53.3 Å². The summed E-state index contributed by atoms with van der Waals surface area (Å²) in [6.45, 7) is 23.5. The summed E-state index contributed by atoms with van der Waals surface area (Å²) in [4.78, 5) is 126. The number of hydrogen-bond acceptors (Lipinski definition) is 21. The minimum Gasteiger partial charge on any atom is -0.462 e. The second-order valence-electron chi connectivity index (χ2n) is 27.0. The van der Waals surface area contributed by atoms with Crippen LogP contribution >= 0.6 is 0 Å². The number of carbonyl (C=O) groups excluding carboxylic acids is 9. The van der Waals surface area contributed by atoms with Crippen LogP contribution in [0.25, 0.3) is 0 Å². The highest BCUT2D eigenvalue weighted by Crippen LogP contribution is 2.42. The SMILES string of the molecule is C=CC[C@@H]1/C=C(\C)C[C@H](C)C[C@H](OC)[C@H]2O[C@@](O)(C(=O)C(=O)N3CCCC[C@H]3C(=O)O[C@H](/C(C)=C/[C@@H]3CC[C@@H](O)[C@H](OC)C3)[C@H](C)[C@@H](OC(=O)CC(C)(C)c3c(C)cc(C)cc3OC(=O)CC(C)CC(=O)OC(COC(C)=O)COC(C)=O)CC1=O)[C@H](C)C[C@@H]2OC. The first-order valence-corrected chi connectivity index (χ1v) is 32.5. The van der Waals surface area contributed by atoms with Crippen molar-refractivity contribution in [3.63, 3.8) is 0 Å².